The molecule has 4 heteroatoms. The Bertz CT molecular complexity index is 898. The van der Waals surface area contributed by atoms with E-state index in [0.29, 0.717) is 23.1 Å². The lowest BCUT2D eigenvalue weighted by Gasteiger charge is -2.19. The van der Waals surface area contributed by atoms with Crippen molar-refractivity contribution in [2.75, 3.05) is 7.11 Å². The van der Waals surface area contributed by atoms with Crippen LogP contribution in [0.5, 0.6) is 11.5 Å². The van der Waals surface area contributed by atoms with Gasteiger partial charge in [0.15, 0.2) is 11.5 Å². The lowest BCUT2D eigenvalue weighted by atomic mass is 10.0. The van der Waals surface area contributed by atoms with Crippen LogP contribution >= 0.6 is 0 Å². The van der Waals surface area contributed by atoms with E-state index in [0.717, 1.165) is 24.9 Å². The third-order valence-corrected chi connectivity index (χ3v) is 4.90. The van der Waals surface area contributed by atoms with E-state index in [4.69, 9.17) is 9.47 Å². The van der Waals surface area contributed by atoms with Gasteiger partial charge in [0.25, 0.3) is 0 Å². The lowest BCUT2D eigenvalue weighted by Crippen LogP contribution is -2.20. The molecule has 3 aromatic rings. The van der Waals surface area contributed by atoms with Crippen LogP contribution in [-0.2, 0) is 13.2 Å². The van der Waals surface area contributed by atoms with Gasteiger partial charge in [0.1, 0.15) is 12.4 Å². The SMILES string of the molecule is CCCC(NCc1ccc(OCc2ccccc2F)c(OC)c1)c1ccccc1. The molecule has 0 bridgehead atoms. The highest BCUT2D eigenvalue weighted by atomic mass is 19.1. The Kier molecular flexibility index (Phi) is 7.65. The fraction of sp³-hybridized carbons (Fsp3) is 0.280. The zero-order valence-electron chi connectivity index (χ0n) is 17.0. The summed E-state index contributed by atoms with van der Waals surface area (Å²) in [6.45, 7) is 3.08. The molecule has 0 fully saturated rings. The highest BCUT2D eigenvalue weighted by Crippen LogP contribution is 2.29. The van der Waals surface area contributed by atoms with Crippen LogP contribution in [0.2, 0.25) is 0 Å². The summed E-state index contributed by atoms with van der Waals surface area (Å²) in [5, 5.41) is 3.64. The van der Waals surface area contributed by atoms with Crippen LogP contribution in [0, 0.1) is 5.82 Å². The Hall–Kier alpha value is -2.85. The first-order valence-electron chi connectivity index (χ1n) is 10.0. The maximum atomic E-state index is 13.8. The molecule has 0 amide bonds. The summed E-state index contributed by atoms with van der Waals surface area (Å²) < 4.78 is 25.1. The van der Waals surface area contributed by atoms with Crippen LogP contribution in [-0.4, -0.2) is 7.11 Å². The molecule has 0 radical (unpaired) electrons. The van der Waals surface area contributed by atoms with Gasteiger partial charge in [0, 0.05) is 18.2 Å². The Morgan fingerprint density at radius 1 is 0.931 bits per heavy atom. The van der Waals surface area contributed by atoms with Crippen molar-refractivity contribution in [1.29, 1.82) is 0 Å². The average molecular weight is 394 g/mol. The second-order valence-electron chi connectivity index (χ2n) is 7.00. The van der Waals surface area contributed by atoms with Crippen molar-refractivity contribution >= 4 is 0 Å². The van der Waals surface area contributed by atoms with E-state index < -0.39 is 0 Å². The second kappa shape index (κ2) is 10.6. The van der Waals surface area contributed by atoms with Crippen molar-refractivity contribution in [3.8, 4) is 11.5 Å². The molecule has 152 valence electrons. The first-order chi connectivity index (χ1) is 14.2. The van der Waals surface area contributed by atoms with Gasteiger partial charge in [0.2, 0.25) is 0 Å². The van der Waals surface area contributed by atoms with E-state index in [1.807, 2.05) is 24.3 Å². The lowest BCUT2D eigenvalue weighted by molar-refractivity contribution is 0.279. The summed E-state index contributed by atoms with van der Waals surface area (Å²) in [5.41, 5.74) is 2.92. The fourth-order valence-electron chi connectivity index (χ4n) is 3.31. The number of hydrogen-bond acceptors (Lipinski definition) is 3. The van der Waals surface area contributed by atoms with E-state index in [1.165, 1.54) is 11.6 Å². The first-order valence-corrected chi connectivity index (χ1v) is 10.0. The maximum absolute atomic E-state index is 13.8. The number of benzene rings is 3. The monoisotopic (exact) mass is 393 g/mol. The molecule has 1 N–H and O–H groups in total. The molecule has 1 unspecified atom stereocenters. The zero-order chi connectivity index (χ0) is 20.5. The van der Waals surface area contributed by atoms with Crippen molar-refractivity contribution in [3.05, 3.63) is 95.3 Å². The quantitative estimate of drug-likeness (QED) is 0.455. The largest absolute Gasteiger partial charge is 0.493 e. The predicted molar refractivity (Wildman–Crippen MR) is 115 cm³/mol. The van der Waals surface area contributed by atoms with Crippen molar-refractivity contribution in [3.63, 3.8) is 0 Å². The van der Waals surface area contributed by atoms with E-state index in [1.54, 1.807) is 25.3 Å². The Labute approximate surface area is 172 Å². The third-order valence-electron chi connectivity index (χ3n) is 4.90. The topological polar surface area (TPSA) is 30.5 Å². The number of methoxy groups -OCH3 is 1. The first kappa shape index (κ1) is 20.9. The second-order valence-corrected chi connectivity index (χ2v) is 7.00. The van der Waals surface area contributed by atoms with E-state index in [2.05, 4.69) is 36.5 Å². The van der Waals surface area contributed by atoms with Gasteiger partial charge in [-0.1, -0.05) is 67.9 Å². The van der Waals surface area contributed by atoms with Crippen molar-refractivity contribution < 1.29 is 13.9 Å². The third kappa shape index (κ3) is 5.81. The molecule has 0 spiro atoms. The number of ether oxygens (including phenoxy) is 2. The molecule has 0 aliphatic carbocycles. The minimum atomic E-state index is -0.268. The van der Waals surface area contributed by atoms with Gasteiger partial charge >= 0.3 is 0 Å². The van der Waals surface area contributed by atoms with Crippen LogP contribution in [0.4, 0.5) is 4.39 Å². The summed E-state index contributed by atoms with van der Waals surface area (Å²) in [5.74, 6) is 0.982. The molecular formula is C25H28FNO2. The highest BCUT2D eigenvalue weighted by molar-refractivity contribution is 5.43. The average Bonchev–Trinajstić information content (AvgIpc) is 2.77. The van der Waals surface area contributed by atoms with Crippen LogP contribution < -0.4 is 14.8 Å². The summed E-state index contributed by atoms with van der Waals surface area (Å²) in [6.07, 6.45) is 2.18. The van der Waals surface area contributed by atoms with Gasteiger partial charge in [-0.3, -0.25) is 0 Å². The molecule has 29 heavy (non-hydrogen) atoms. The predicted octanol–water partition coefficient (Wildman–Crippen LogP) is 6.04. The molecule has 0 saturated carbocycles. The molecule has 0 aliphatic rings. The van der Waals surface area contributed by atoms with Gasteiger partial charge in [-0.15, -0.1) is 0 Å². The minimum Gasteiger partial charge on any atom is -0.493 e. The molecule has 1 atom stereocenters. The highest BCUT2D eigenvalue weighted by Gasteiger charge is 2.12. The van der Waals surface area contributed by atoms with Gasteiger partial charge in [-0.2, -0.15) is 0 Å². The summed E-state index contributed by atoms with van der Waals surface area (Å²) in [7, 11) is 1.62. The maximum Gasteiger partial charge on any atom is 0.161 e. The minimum absolute atomic E-state index is 0.160. The van der Waals surface area contributed by atoms with E-state index >= 15 is 0 Å². The number of rotatable bonds is 10. The molecule has 0 saturated heterocycles. The molecular weight excluding hydrogens is 365 g/mol. The summed E-state index contributed by atoms with van der Waals surface area (Å²) in [4.78, 5) is 0. The molecule has 0 aromatic heterocycles. The smallest absolute Gasteiger partial charge is 0.161 e. The fourth-order valence-corrected chi connectivity index (χ4v) is 3.31. The summed E-state index contributed by atoms with van der Waals surface area (Å²) >= 11 is 0. The molecule has 0 heterocycles. The van der Waals surface area contributed by atoms with Gasteiger partial charge < -0.3 is 14.8 Å². The normalized spacial score (nSPS) is 11.8. The Balaban J connectivity index is 1.65. The van der Waals surface area contributed by atoms with Crippen molar-refractivity contribution in [2.45, 2.75) is 39.0 Å². The van der Waals surface area contributed by atoms with Crippen LogP contribution in [0.15, 0.2) is 72.8 Å². The van der Waals surface area contributed by atoms with E-state index in [9.17, 15) is 4.39 Å². The molecule has 3 nitrogen and oxygen atoms in total. The molecule has 0 aliphatic heterocycles. The van der Waals surface area contributed by atoms with Crippen LogP contribution in [0.1, 0.15) is 42.5 Å². The van der Waals surface area contributed by atoms with Gasteiger partial charge in [-0.05, 0) is 35.7 Å². The van der Waals surface area contributed by atoms with Crippen LogP contribution in [0.25, 0.3) is 0 Å². The van der Waals surface area contributed by atoms with Crippen molar-refractivity contribution in [1.82, 2.24) is 5.32 Å². The number of halogens is 1. The standard InChI is InChI=1S/C25H28FNO2/c1-3-9-23(20-10-5-4-6-11-20)27-17-19-14-15-24(25(16-19)28-2)29-18-21-12-7-8-13-22(21)26/h4-8,10-16,23,27H,3,9,17-18H2,1-2H3. The zero-order valence-corrected chi connectivity index (χ0v) is 17.0. The Morgan fingerprint density at radius 3 is 2.41 bits per heavy atom. The van der Waals surface area contributed by atoms with Crippen LogP contribution in [0.3, 0.4) is 0 Å². The number of hydrogen-bond donors (Lipinski definition) is 1. The molecule has 3 rings (SSSR count). The van der Waals surface area contributed by atoms with E-state index in [-0.39, 0.29) is 12.4 Å². The molecule has 3 aromatic carbocycles. The Morgan fingerprint density at radius 2 is 1.69 bits per heavy atom. The van der Waals surface area contributed by atoms with Crippen molar-refractivity contribution in [2.24, 2.45) is 0 Å². The van der Waals surface area contributed by atoms with Gasteiger partial charge in [0.05, 0.1) is 7.11 Å². The van der Waals surface area contributed by atoms with Gasteiger partial charge in [-0.25, -0.2) is 4.39 Å². The number of nitrogens with one attached hydrogen (secondary N) is 1. The summed E-state index contributed by atoms with van der Waals surface area (Å²) in [6, 6.07) is 23.3.